The summed E-state index contributed by atoms with van der Waals surface area (Å²) in [7, 11) is 0. The van der Waals surface area contributed by atoms with Gasteiger partial charge in [-0.3, -0.25) is 0 Å². The summed E-state index contributed by atoms with van der Waals surface area (Å²) >= 11 is 0. The van der Waals surface area contributed by atoms with E-state index in [4.69, 9.17) is 4.74 Å². The quantitative estimate of drug-likeness (QED) is 0.825. The van der Waals surface area contributed by atoms with E-state index in [-0.39, 0.29) is 0 Å². The van der Waals surface area contributed by atoms with Crippen LogP contribution in [0, 0.1) is 0 Å². The van der Waals surface area contributed by atoms with Crippen molar-refractivity contribution in [2.75, 3.05) is 31.1 Å². The van der Waals surface area contributed by atoms with Gasteiger partial charge >= 0.3 is 0 Å². The molecule has 1 saturated heterocycles. The molecular formula is C17H28N2O. The molecule has 0 aromatic heterocycles. The van der Waals surface area contributed by atoms with E-state index in [2.05, 4.69) is 48.3 Å². The smallest absolute Gasteiger partial charge is 0.121 e. The molecule has 1 aromatic rings. The van der Waals surface area contributed by atoms with E-state index >= 15 is 0 Å². The summed E-state index contributed by atoms with van der Waals surface area (Å²) in [5, 5.41) is 3.56. The highest BCUT2D eigenvalue weighted by atomic mass is 16.5. The van der Waals surface area contributed by atoms with Crippen LogP contribution in [0.1, 0.15) is 39.5 Å². The van der Waals surface area contributed by atoms with Crippen molar-refractivity contribution in [2.45, 2.75) is 45.6 Å². The van der Waals surface area contributed by atoms with Crippen molar-refractivity contribution in [1.82, 2.24) is 5.32 Å². The Morgan fingerprint density at radius 3 is 2.80 bits per heavy atom. The van der Waals surface area contributed by atoms with Crippen LogP contribution in [0.4, 0.5) is 5.69 Å². The Morgan fingerprint density at radius 1 is 1.25 bits per heavy atom. The molecule has 2 rings (SSSR count). The van der Waals surface area contributed by atoms with Crippen molar-refractivity contribution in [2.24, 2.45) is 0 Å². The Labute approximate surface area is 123 Å². The zero-order valence-corrected chi connectivity index (χ0v) is 12.9. The van der Waals surface area contributed by atoms with E-state index < -0.39 is 0 Å². The normalized spacial score (nSPS) is 18.8. The van der Waals surface area contributed by atoms with Crippen molar-refractivity contribution in [1.29, 1.82) is 0 Å². The van der Waals surface area contributed by atoms with Crippen molar-refractivity contribution >= 4 is 5.69 Å². The molecule has 0 bridgehead atoms. The van der Waals surface area contributed by atoms with Gasteiger partial charge in [-0.15, -0.1) is 0 Å². The molecule has 1 heterocycles. The van der Waals surface area contributed by atoms with E-state index in [9.17, 15) is 0 Å². The number of rotatable bonds is 7. The van der Waals surface area contributed by atoms with E-state index in [1.165, 1.54) is 31.5 Å². The molecule has 0 saturated carbocycles. The van der Waals surface area contributed by atoms with Gasteiger partial charge in [0, 0.05) is 30.9 Å². The molecule has 3 heteroatoms. The van der Waals surface area contributed by atoms with Gasteiger partial charge in [0.15, 0.2) is 0 Å². The third kappa shape index (κ3) is 4.41. The molecule has 0 unspecified atom stereocenters. The fourth-order valence-electron chi connectivity index (χ4n) is 2.85. The predicted octanol–water partition coefficient (Wildman–Crippen LogP) is 3.44. The molecule has 0 spiro atoms. The topological polar surface area (TPSA) is 24.5 Å². The summed E-state index contributed by atoms with van der Waals surface area (Å²) in [4.78, 5) is 2.34. The Bertz CT molecular complexity index is 384. The van der Waals surface area contributed by atoms with Crippen molar-refractivity contribution in [3.8, 4) is 5.75 Å². The highest BCUT2D eigenvalue weighted by Gasteiger charge is 2.12. The first-order valence-electron chi connectivity index (χ1n) is 8.04. The first-order chi connectivity index (χ1) is 9.83. The second-order valence-electron chi connectivity index (χ2n) is 5.45. The second-order valence-corrected chi connectivity index (χ2v) is 5.45. The molecule has 1 aliphatic heterocycles. The maximum absolute atomic E-state index is 5.92. The zero-order valence-electron chi connectivity index (χ0n) is 12.9. The Balaban J connectivity index is 1.81. The predicted molar refractivity (Wildman–Crippen MR) is 85.8 cm³/mol. The van der Waals surface area contributed by atoms with Crippen LogP contribution in [0.25, 0.3) is 0 Å². The minimum atomic E-state index is 0.648. The molecular weight excluding hydrogens is 248 g/mol. The molecule has 112 valence electrons. The monoisotopic (exact) mass is 276 g/mol. The number of ether oxygens (including phenoxy) is 1. The lowest BCUT2D eigenvalue weighted by Crippen LogP contribution is -2.35. The lowest BCUT2D eigenvalue weighted by Gasteiger charge is -2.24. The third-order valence-corrected chi connectivity index (χ3v) is 4.09. The van der Waals surface area contributed by atoms with Crippen LogP contribution in [-0.2, 0) is 0 Å². The van der Waals surface area contributed by atoms with Crippen molar-refractivity contribution in [3.05, 3.63) is 24.3 Å². The Hall–Kier alpha value is -1.22. The fourth-order valence-corrected chi connectivity index (χ4v) is 2.85. The molecule has 1 aliphatic rings. The standard InChI is InChI=1S/C17H28N2O/c1-3-19(4-2)16-9-7-10-17(14-16)20-13-11-15-8-5-6-12-18-15/h7,9-10,14-15,18H,3-6,8,11-13H2,1-2H3/t15-/m1/s1. The average Bonchev–Trinajstić information content (AvgIpc) is 2.50. The molecule has 0 radical (unpaired) electrons. The average molecular weight is 276 g/mol. The van der Waals surface area contributed by atoms with Crippen molar-refractivity contribution < 1.29 is 4.74 Å². The maximum atomic E-state index is 5.92. The van der Waals surface area contributed by atoms with E-state index in [0.29, 0.717) is 6.04 Å². The summed E-state index contributed by atoms with van der Waals surface area (Å²) in [6.45, 7) is 8.41. The van der Waals surface area contributed by atoms with Crippen LogP contribution < -0.4 is 15.0 Å². The number of hydrogen-bond acceptors (Lipinski definition) is 3. The summed E-state index contributed by atoms with van der Waals surface area (Å²) in [6, 6.07) is 9.10. The number of nitrogens with zero attached hydrogens (tertiary/aromatic N) is 1. The lowest BCUT2D eigenvalue weighted by atomic mass is 10.0. The summed E-state index contributed by atoms with van der Waals surface area (Å²) in [5.74, 6) is 0.991. The van der Waals surface area contributed by atoms with E-state index in [0.717, 1.165) is 31.9 Å². The number of benzene rings is 1. The van der Waals surface area contributed by atoms with E-state index in [1.54, 1.807) is 0 Å². The van der Waals surface area contributed by atoms with Gasteiger partial charge < -0.3 is 15.0 Å². The Kier molecular flexibility index (Phi) is 6.19. The molecule has 3 nitrogen and oxygen atoms in total. The number of nitrogens with one attached hydrogen (secondary N) is 1. The van der Waals surface area contributed by atoms with Gasteiger partial charge in [0.2, 0.25) is 0 Å². The second kappa shape index (κ2) is 8.15. The van der Waals surface area contributed by atoms with Gasteiger partial charge in [-0.1, -0.05) is 12.5 Å². The van der Waals surface area contributed by atoms with Gasteiger partial charge in [0.05, 0.1) is 6.61 Å². The van der Waals surface area contributed by atoms with Gasteiger partial charge in [-0.05, 0) is 51.8 Å². The largest absolute Gasteiger partial charge is 0.493 e. The highest BCUT2D eigenvalue weighted by molar-refractivity contribution is 5.50. The highest BCUT2D eigenvalue weighted by Crippen LogP contribution is 2.21. The summed E-state index contributed by atoms with van der Waals surface area (Å²) in [6.07, 6.45) is 5.08. The van der Waals surface area contributed by atoms with Gasteiger partial charge in [-0.25, -0.2) is 0 Å². The van der Waals surface area contributed by atoms with E-state index in [1.807, 2.05) is 0 Å². The fraction of sp³-hybridized carbons (Fsp3) is 0.647. The first kappa shape index (κ1) is 15.2. The van der Waals surface area contributed by atoms with Crippen LogP contribution in [0.2, 0.25) is 0 Å². The van der Waals surface area contributed by atoms with Crippen LogP contribution in [-0.4, -0.2) is 32.3 Å². The molecule has 1 fully saturated rings. The SMILES string of the molecule is CCN(CC)c1cccc(OCC[C@H]2CCCCN2)c1. The van der Waals surface area contributed by atoms with Gasteiger partial charge in [-0.2, -0.15) is 0 Å². The number of piperidine rings is 1. The first-order valence-corrected chi connectivity index (χ1v) is 8.04. The van der Waals surface area contributed by atoms with Crippen LogP contribution in [0.3, 0.4) is 0 Å². The molecule has 1 aromatic carbocycles. The minimum Gasteiger partial charge on any atom is -0.493 e. The molecule has 0 aliphatic carbocycles. The zero-order chi connectivity index (χ0) is 14.2. The minimum absolute atomic E-state index is 0.648. The van der Waals surface area contributed by atoms with Crippen LogP contribution in [0.5, 0.6) is 5.75 Å². The van der Waals surface area contributed by atoms with Crippen LogP contribution in [0.15, 0.2) is 24.3 Å². The summed E-state index contributed by atoms with van der Waals surface area (Å²) < 4.78 is 5.92. The maximum Gasteiger partial charge on any atom is 0.121 e. The number of anilines is 1. The van der Waals surface area contributed by atoms with Gasteiger partial charge in [0.1, 0.15) is 5.75 Å². The lowest BCUT2D eigenvalue weighted by molar-refractivity contribution is 0.268. The van der Waals surface area contributed by atoms with Crippen molar-refractivity contribution in [3.63, 3.8) is 0 Å². The molecule has 0 amide bonds. The molecule has 1 atom stereocenters. The number of hydrogen-bond donors (Lipinski definition) is 1. The summed E-state index contributed by atoms with van der Waals surface area (Å²) in [5.41, 5.74) is 1.25. The third-order valence-electron chi connectivity index (χ3n) is 4.09. The van der Waals surface area contributed by atoms with Gasteiger partial charge in [0.25, 0.3) is 0 Å². The van der Waals surface area contributed by atoms with Crippen LogP contribution >= 0.6 is 0 Å². The molecule has 1 N–H and O–H groups in total. The Morgan fingerprint density at radius 2 is 2.10 bits per heavy atom. The molecule has 20 heavy (non-hydrogen) atoms.